The van der Waals surface area contributed by atoms with Gasteiger partial charge >= 0.3 is 5.97 Å². The molecule has 4 aromatic rings. The fourth-order valence-electron chi connectivity index (χ4n) is 6.56. The quantitative estimate of drug-likeness (QED) is 0.217. The molecule has 7 rings (SSSR count). The summed E-state index contributed by atoms with van der Waals surface area (Å²) in [6, 6.07) is 15.5. The summed E-state index contributed by atoms with van der Waals surface area (Å²) in [5.41, 5.74) is 1.96. The van der Waals surface area contributed by atoms with Crippen molar-refractivity contribution in [2.24, 2.45) is 10.8 Å². The number of anilines is 2. The number of aromatic carboxylic acids is 1. The Morgan fingerprint density at radius 2 is 1.91 bits per heavy atom. The zero-order chi connectivity index (χ0) is 30.5. The van der Waals surface area contributed by atoms with Crippen LogP contribution in [0.25, 0.3) is 10.3 Å². The lowest BCUT2D eigenvalue weighted by Gasteiger charge is -2.54. The van der Waals surface area contributed by atoms with Crippen LogP contribution in [0.1, 0.15) is 47.3 Å². The van der Waals surface area contributed by atoms with Crippen molar-refractivity contribution in [2.75, 3.05) is 43.1 Å². The first-order chi connectivity index (χ1) is 21.3. The number of imidazole rings is 1. The summed E-state index contributed by atoms with van der Waals surface area (Å²) in [6.07, 6.45) is 4.65. The van der Waals surface area contributed by atoms with E-state index in [1.807, 2.05) is 30.3 Å². The van der Waals surface area contributed by atoms with Crippen LogP contribution in [0.3, 0.4) is 0 Å². The molecule has 0 atom stereocenters. The highest BCUT2D eigenvalue weighted by Crippen LogP contribution is 2.52. The van der Waals surface area contributed by atoms with Crippen molar-refractivity contribution in [3.63, 3.8) is 0 Å². The molecule has 1 spiro atoms. The van der Waals surface area contributed by atoms with Crippen LogP contribution in [-0.4, -0.2) is 58.9 Å². The van der Waals surface area contributed by atoms with Gasteiger partial charge in [0.15, 0.2) is 0 Å². The number of nitriles is 1. The molecule has 2 aliphatic heterocycles. The third-order valence-corrected chi connectivity index (χ3v) is 10.6. The molecule has 1 aliphatic carbocycles. The number of halogens is 1. The van der Waals surface area contributed by atoms with Crippen LogP contribution in [0.5, 0.6) is 11.6 Å². The summed E-state index contributed by atoms with van der Waals surface area (Å²) in [5, 5.41) is 19.6. The Labute approximate surface area is 264 Å². The lowest BCUT2D eigenvalue weighted by molar-refractivity contribution is 0.0702. The topological polar surface area (TPSA) is 117 Å². The van der Waals surface area contributed by atoms with Gasteiger partial charge < -0.3 is 28.9 Å². The molecular weight excluding hydrogens is 600 g/mol. The summed E-state index contributed by atoms with van der Waals surface area (Å²) in [7, 11) is 1.62. The summed E-state index contributed by atoms with van der Waals surface area (Å²) >= 11 is 7.31. The lowest BCUT2D eigenvalue weighted by atomic mass is 9.72. The van der Waals surface area contributed by atoms with Crippen molar-refractivity contribution in [3.05, 3.63) is 57.9 Å². The van der Waals surface area contributed by atoms with Crippen LogP contribution in [0.15, 0.2) is 42.5 Å². The Kier molecular flexibility index (Phi) is 7.29. The molecule has 12 heteroatoms. The van der Waals surface area contributed by atoms with Crippen molar-refractivity contribution < 1.29 is 19.4 Å². The maximum absolute atomic E-state index is 11.6. The molecule has 10 nitrogen and oxygen atoms in total. The van der Waals surface area contributed by atoms with Gasteiger partial charge in [0.1, 0.15) is 27.9 Å². The Hall–Kier alpha value is -4.01. The van der Waals surface area contributed by atoms with E-state index in [0.717, 1.165) is 79.5 Å². The normalized spacial score (nSPS) is 18.2. The molecule has 44 heavy (non-hydrogen) atoms. The van der Waals surface area contributed by atoms with Crippen LogP contribution in [0, 0.1) is 22.2 Å². The van der Waals surface area contributed by atoms with Gasteiger partial charge in [-0.3, -0.25) is 0 Å². The number of fused-ring (bicyclic) bond motifs is 1. The zero-order valence-electron chi connectivity index (χ0n) is 24.5. The Morgan fingerprint density at radius 3 is 2.61 bits per heavy atom. The number of carbonyl (C=O) groups is 1. The fraction of sp³-hybridized carbons (Fsp3) is 0.438. The summed E-state index contributed by atoms with van der Waals surface area (Å²) < 4.78 is 13.6. The highest BCUT2D eigenvalue weighted by atomic mass is 35.5. The second kappa shape index (κ2) is 11.2. The van der Waals surface area contributed by atoms with Gasteiger partial charge in [0.05, 0.1) is 18.7 Å². The molecule has 1 saturated carbocycles. The number of carboxylic acids is 1. The van der Waals surface area contributed by atoms with Crippen LogP contribution in [0.2, 0.25) is 5.02 Å². The monoisotopic (exact) mass is 632 g/mol. The van der Waals surface area contributed by atoms with Gasteiger partial charge in [-0.25, -0.2) is 9.78 Å². The second-order valence-electron chi connectivity index (χ2n) is 12.4. The number of aromatic nitrogens is 3. The lowest BCUT2D eigenvalue weighted by Crippen LogP contribution is -2.61. The predicted octanol–water partition coefficient (Wildman–Crippen LogP) is 6.23. The van der Waals surface area contributed by atoms with Gasteiger partial charge in [-0.1, -0.05) is 23.7 Å². The predicted molar refractivity (Wildman–Crippen MR) is 169 cm³/mol. The van der Waals surface area contributed by atoms with E-state index in [0.29, 0.717) is 41.1 Å². The highest BCUT2D eigenvalue weighted by Gasteiger charge is 2.48. The molecule has 1 aromatic carbocycles. The van der Waals surface area contributed by atoms with Gasteiger partial charge in [0.25, 0.3) is 0 Å². The fourth-order valence-corrected chi connectivity index (χ4v) is 7.59. The zero-order valence-corrected chi connectivity index (χ0v) is 26.0. The number of rotatable bonds is 10. The number of carboxylic acid groups (broad SMARTS) is 1. The van der Waals surface area contributed by atoms with E-state index in [2.05, 4.69) is 20.4 Å². The molecule has 3 aromatic heterocycles. The van der Waals surface area contributed by atoms with Crippen molar-refractivity contribution >= 4 is 51.0 Å². The number of pyridine rings is 1. The minimum atomic E-state index is -0.928. The number of benzene rings is 1. The first kappa shape index (κ1) is 28.7. The Bertz CT molecular complexity index is 1760. The molecule has 5 heterocycles. The molecule has 0 radical (unpaired) electrons. The minimum Gasteiger partial charge on any atom is -0.496 e. The number of hydrogen-bond acceptors (Lipinski definition) is 9. The van der Waals surface area contributed by atoms with Crippen LogP contribution >= 0.6 is 22.9 Å². The molecule has 0 unspecified atom stereocenters. The molecule has 1 N–H and O–H groups in total. The third kappa shape index (κ3) is 5.41. The average molecular weight is 633 g/mol. The van der Waals surface area contributed by atoms with Crippen LogP contribution < -0.4 is 19.3 Å². The van der Waals surface area contributed by atoms with Gasteiger partial charge in [-0.15, -0.1) is 11.3 Å². The number of hydrogen-bond donors (Lipinski definition) is 1. The standard InChI is InChI=1S/C32H33ClN6O4S/c1-42-24-15-22(33)6-5-21(24)17-43-27-4-2-3-26(35-27)37-13-10-32(11-14-37)18-38(19-32)30-36-28-23(16-25(44-28)29(40)41)39(30)20-31(7-8-31)9-12-34/h2-6,15-16H,7-11,13-14,17-20H2,1H3,(H,40,41). The molecule has 3 aliphatic rings. The Balaban J connectivity index is 1.00. The van der Waals surface area contributed by atoms with Gasteiger partial charge in [-0.05, 0) is 49.9 Å². The molecule has 3 fully saturated rings. The van der Waals surface area contributed by atoms with E-state index < -0.39 is 5.97 Å². The van der Waals surface area contributed by atoms with Crippen molar-refractivity contribution in [1.29, 1.82) is 5.26 Å². The number of piperidine rings is 1. The Morgan fingerprint density at radius 1 is 1.11 bits per heavy atom. The van der Waals surface area contributed by atoms with Gasteiger partial charge in [0, 0.05) is 66.6 Å². The van der Waals surface area contributed by atoms with E-state index in [1.165, 1.54) is 11.3 Å². The minimum absolute atomic E-state index is 0.0253. The van der Waals surface area contributed by atoms with E-state index >= 15 is 0 Å². The van der Waals surface area contributed by atoms with Gasteiger partial charge in [-0.2, -0.15) is 10.2 Å². The van der Waals surface area contributed by atoms with Crippen molar-refractivity contribution in [3.8, 4) is 17.7 Å². The summed E-state index contributed by atoms with van der Waals surface area (Å²) in [5.74, 6) is 2.14. The smallest absolute Gasteiger partial charge is 0.346 e. The van der Waals surface area contributed by atoms with Gasteiger partial charge in [0.2, 0.25) is 11.8 Å². The third-order valence-electron chi connectivity index (χ3n) is 9.36. The average Bonchev–Trinajstić information content (AvgIpc) is 3.50. The summed E-state index contributed by atoms with van der Waals surface area (Å²) in [6.45, 7) is 4.69. The first-order valence-corrected chi connectivity index (χ1v) is 16.0. The molecule has 0 bridgehead atoms. The second-order valence-corrected chi connectivity index (χ2v) is 13.8. The van der Waals surface area contributed by atoms with Crippen molar-refractivity contribution in [2.45, 2.75) is 45.3 Å². The molecule has 2 saturated heterocycles. The molecular formula is C32H33ClN6O4S. The van der Waals surface area contributed by atoms with E-state index in [4.69, 9.17) is 31.0 Å². The number of ether oxygens (including phenoxy) is 2. The van der Waals surface area contributed by atoms with E-state index in [-0.39, 0.29) is 10.8 Å². The summed E-state index contributed by atoms with van der Waals surface area (Å²) in [4.78, 5) is 27.1. The SMILES string of the molecule is COc1cc(Cl)ccc1COc1cccc(N2CCC3(CC2)CN(c2nc4sc(C(=O)O)cc4n2CC2(CC#N)CC2)C3)n1. The largest absolute Gasteiger partial charge is 0.496 e. The maximum Gasteiger partial charge on any atom is 0.346 e. The maximum atomic E-state index is 11.6. The molecule has 228 valence electrons. The van der Waals surface area contributed by atoms with Crippen LogP contribution in [0.4, 0.5) is 11.8 Å². The molecule has 0 amide bonds. The highest BCUT2D eigenvalue weighted by molar-refractivity contribution is 7.20. The van der Waals surface area contributed by atoms with E-state index in [1.54, 1.807) is 19.2 Å². The number of methoxy groups -OCH3 is 1. The van der Waals surface area contributed by atoms with Crippen LogP contribution in [-0.2, 0) is 13.2 Å². The van der Waals surface area contributed by atoms with E-state index in [9.17, 15) is 15.2 Å². The number of thiophene rings is 1. The van der Waals surface area contributed by atoms with Crippen molar-refractivity contribution in [1.82, 2.24) is 14.5 Å². The first-order valence-electron chi connectivity index (χ1n) is 14.8. The number of nitrogens with zero attached hydrogens (tertiary/aromatic N) is 6.